The Kier molecular flexibility index (Phi) is 10.4. The normalized spacial score (nSPS) is 10.9. The molecule has 0 radical (unpaired) electrons. The van der Waals surface area contributed by atoms with Gasteiger partial charge in [0.2, 0.25) is 0 Å². The average molecular weight is 696 g/mol. The molecule has 1 amide bonds. The maximum atomic E-state index is 12.9. The predicted molar refractivity (Wildman–Crippen MR) is 168 cm³/mol. The molecule has 9 nitrogen and oxygen atoms in total. The molecular weight excluding hydrogens is 673 g/mol. The number of nitrogens with zero attached hydrogens (tertiary/aromatic N) is 2. The summed E-state index contributed by atoms with van der Waals surface area (Å²) in [6, 6.07) is 25.6. The minimum Gasteiger partial charge on any atom is -0.493 e. The lowest BCUT2D eigenvalue weighted by Gasteiger charge is -2.14. The van der Waals surface area contributed by atoms with E-state index in [4.69, 9.17) is 25.8 Å². The summed E-state index contributed by atoms with van der Waals surface area (Å²) in [6.45, 7) is 0.531. The fraction of sp³-hybridized carbons (Fsp3) is 0.0968. The molecule has 0 fully saturated rings. The van der Waals surface area contributed by atoms with Crippen LogP contribution >= 0.6 is 34.2 Å². The van der Waals surface area contributed by atoms with Crippen LogP contribution < -0.4 is 19.5 Å². The number of methoxy groups -OCH3 is 1. The van der Waals surface area contributed by atoms with Gasteiger partial charge in [-0.25, -0.2) is 0 Å². The molecule has 0 aromatic heterocycles. The number of nitro groups is 1. The number of nitriles is 1. The second-order valence-electron chi connectivity index (χ2n) is 8.81. The van der Waals surface area contributed by atoms with Crippen molar-refractivity contribution in [2.45, 2.75) is 13.2 Å². The maximum absolute atomic E-state index is 12.9. The average Bonchev–Trinajstić information content (AvgIpc) is 2.99. The Morgan fingerprint density at radius 3 is 2.21 bits per heavy atom. The summed E-state index contributed by atoms with van der Waals surface area (Å²) in [6.07, 6.45) is 1.46. The summed E-state index contributed by atoms with van der Waals surface area (Å²) in [5.74, 6) is 0.924. The number of carbonyl (C=O) groups excluding carboxylic acids is 1. The van der Waals surface area contributed by atoms with Crippen LogP contribution in [0.15, 0.2) is 90.5 Å². The van der Waals surface area contributed by atoms with Gasteiger partial charge in [-0.15, -0.1) is 0 Å². The molecule has 4 rings (SSSR count). The first-order valence-corrected chi connectivity index (χ1v) is 13.9. The Bertz CT molecular complexity index is 1650. The molecular formula is C31H23ClIN3O6. The van der Waals surface area contributed by atoms with Gasteiger partial charge in [0.1, 0.15) is 30.6 Å². The van der Waals surface area contributed by atoms with Crippen LogP contribution in [0.4, 0.5) is 11.4 Å². The molecule has 11 heteroatoms. The number of nitrogens with one attached hydrogen (secondary N) is 1. The third kappa shape index (κ3) is 8.22. The highest BCUT2D eigenvalue weighted by Gasteiger charge is 2.15. The van der Waals surface area contributed by atoms with Crippen molar-refractivity contribution in [3.8, 4) is 23.3 Å². The van der Waals surface area contributed by atoms with Crippen molar-refractivity contribution in [3.05, 3.63) is 126 Å². The molecule has 4 aromatic carbocycles. The van der Waals surface area contributed by atoms with Crippen molar-refractivity contribution >= 4 is 57.5 Å². The summed E-state index contributed by atoms with van der Waals surface area (Å²) in [7, 11) is 1.48. The van der Waals surface area contributed by atoms with E-state index < -0.39 is 10.8 Å². The van der Waals surface area contributed by atoms with Crippen molar-refractivity contribution in [2.24, 2.45) is 0 Å². The number of nitro benzene ring substituents is 1. The van der Waals surface area contributed by atoms with E-state index in [0.29, 0.717) is 43.7 Å². The number of hydrogen-bond acceptors (Lipinski definition) is 7. The zero-order chi connectivity index (χ0) is 30.1. The molecule has 212 valence electrons. The van der Waals surface area contributed by atoms with Crippen LogP contribution in [0, 0.1) is 25.0 Å². The largest absolute Gasteiger partial charge is 0.493 e. The minimum atomic E-state index is -0.570. The number of amides is 1. The number of non-ortho nitro benzene ring substituents is 1. The van der Waals surface area contributed by atoms with Gasteiger partial charge >= 0.3 is 0 Å². The summed E-state index contributed by atoms with van der Waals surface area (Å²) in [5, 5.41) is 23.9. The van der Waals surface area contributed by atoms with Gasteiger partial charge < -0.3 is 19.5 Å². The highest BCUT2D eigenvalue weighted by Crippen LogP contribution is 2.35. The van der Waals surface area contributed by atoms with Gasteiger partial charge in [-0.3, -0.25) is 14.9 Å². The molecule has 42 heavy (non-hydrogen) atoms. The van der Waals surface area contributed by atoms with E-state index in [1.54, 1.807) is 60.7 Å². The standard InChI is InChI=1S/C31H23ClIN3O6/c1-40-29-16-22(15-28(33)30(29)42-19-21-4-10-26(11-5-21)36(38)39)14-23(17-34)31(37)35-25-8-12-27(13-9-25)41-18-20-2-6-24(32)7-3-20/h2-16H,18-19H2,1H3,(H,35,37)/b23-14+. The van der Waals surface area contributed by atoms with E-state index >= 15 is 0 Å². The summed E-state index contributed by atoms with van der Waals surface area (Å²) >= 11 is 7.99. The monoisotopic (exact) mass is 695 g/mol. The van der Waals surface area contributed by atoms with E-state index in [9.17, 15) is 20.2 Å². The summed E-state index contributed by atoms with van der Waals surface area (Å²) in [5.41, 5.74) is 2.67. The number of halogens is 2. The first-order valence-electron chi connectivity index (χ1n) is 12.4. The van der Waals surface area contributed by atoms with E-state index in [0.717, 1.165) is 11.1 Å². The van der Waals surface area contributed by atoms with Gasteiger partial charge in [0.25, 0.3) is 11.6 Å². The lowest BCUT2D eigenvalue weighted by atomic mass is 10.1. The van der Waals surface area contributed by atoms with Crippen LogP contribution in [0.1, 0.15) is 16.7 Å². The number of hydrogen-bond donors (Lipinski definition) is 1. The zero-order valence-electron chi connectivity index (χ0n) is 22.2. The Morgan fingerprint density at radius 2 is 1.62 bits per heavy atom. The van der Waals surface area contributed by atoms with Crippen molar-refractivity contribution in [1.82, 2.24) is 0 Å². The Morgan fingerprint density at radius 1 is 1.00 bits per heavy atom. The number of carbonyl (C=O) groups is 1. The number of ether oxygens (including phenoxy) is 3. The topological polar surface area (TPSA) is 124 Å². The molecule has 0 spiro atoms. The van der Waals surface area contributed by atoms with Crippen LogP contribution in [-0.4, -0.2) is 17.9 Å². The van der Waals surface area contributed by atoms with Crippen LogP contribution in [0.5, 0.6) is 17.2 Å². The fourth-order valence-electron chi connectivity index (χ4n) is 3.73. The lowest BCUT2D eigenvalue weighted by Crippen LogP contribution is -2.13. The second-order valence-corrected chi connectivity index (χ2v) is 10.4. The van der Waals surface area contributed by atoms with Crippen LogP contribution in [-0.2, 0) is 18.0 Å². The predicted octanol–water partition coefficient (Wildman–Crippen LogP) is 7.57. The Hall–Kier alpha value is -4.60. The summed E-state index contributed by atoms with van der Waals surface area (Å²) < 4.78 is 17.9. The van der Waals surface area contributed by atoms with Gasteiger partial charge in [0, 0.05) is 22.8 Å². The van der Waals surface area contributed by atoms with Gasteiger partial charge in [-0.1, -0.05) is 23.7 Å². The van der Waals surface area contributed by atoms with Crippen molar-refractivity contribution in [3.63, 3.8) is 0 Å². The number of rotatable bonds is 11. The van der Waals surface area contributed by atoms with Gasteiger partial charge in [-0.2, -0.15) is 5.26 Å². The molecule has 0 aliphatic carbocycles. The third-order valence-electron chi connectivity index (χ3n) is 5.89. The number of benzene rings is 4. The molecule has 1 N–H and O–H groups in total. The molecule has 0 aliphatic heterocycles. The van der Waals surface area contributed by atoms with Gasteiger partial charge in [-0.05, 0) is 106 Å². The van der Waals surface area contributed by atoms with Crippen LogP contribution in [0.2, 0.25) is 5.02 Å². The van der Waals surface area contributed by atoms with Crippen molar-refractivity contribution in [1.29, 1.82) is 5.26 Å². The highest BCUT2D eigenvalue weighted by molar-refractivity contribution is 14.1. The second kappa shape index (κ2) is 14.3. The van der Waals surface area contributed by atoms with E-state index in [1.807, 2.05) is 18.2 Å². The summed E-state index contributed by atoms with van der Waals surface area (Å²) in [4.78, 5) is 23.3. The molecule has 0 heterocycles. The quantitative estimate of drug-likeness (QED) is 0.0565. The van der Waals surface area contributed by atoms with E-state index in [-0.39, 0.29) is 17.9 Å². The third-order valence-corrected chi connectivity index (χ3v) is 6.94. The zero-order valence-corrected chi connectivity index (χ0v) is 25.1. The molecule has 0 saturated heterocycles. The first kappa shape index (κ1) is 30.4. The van der Waals surface area contributed by atoms with Crippen molar-refractivity contribution in [2.75, 3.05) is 12.4 Å². The minimum absolute atomic E-state index is 0.00402. The fourth-order valence-corrected chi connectivity index (χ4v) is 4.64. The van der Waals surface area contributed by atoms with Crippen LogP contribution in [0.25, 0.3) is 6.08 Å². The van der Waals surface area contributed by atoms with Crippen molar-refractivity contribution < 1.29 is 23.9 Å². The molecule has 0 atom stereocenters. The lowest BCUT2D eigenvalue weighted by molar-refractivity contribution is -0.384. The molecule has 0 aliphatic rings. The van der Waals surface area contributed by atoms with Crippen LogP contribution in [0.3, 0.4) is 0 Å². The first-order chi connectivity index (χ1) is 20.2. The van der Waals surface area contributed by atoms with E-state index in [1.165, 1.54) is 25.3 Å². The van der Waals surface area contributed by atoms with Gasteiger partial charge in [0.05, 0.1) is 15.6 Å². The Balaban J connectivity index is 1.40. The maximum Gasteiger partial charge on any atom is 0.269 e. The smallest absolute Gasteiger partial charge is 0.269 e. The molecule has 0 unspecified atom stereocenters. The SMILES string of the molecule is COc1cc(/C=C(\C#N)C(=O)Nc2ccc(OCc3ccc(Cl)cc3)cc2)cc(I)c1OCc1ccc([N+](=O)[O-])cc1. The number of anilines is 1. The highest BCUT2D eigenvalue weighted by atomic mass is 127. The van der Waals surface area contributed by atoms with Gasteiger partial charge in [0.15, 0.2) is 11.5 Å². The van der Waals surface area contributed by atoms with E-state index in [2.05, 4.69) is 27.9 Å². The molecule has 0 bridgehead atoms. The Labute approximate surface area is 260 Å². The molecule has 0 saturated carbocycles. The molecule has 4 aromatic rings.